The number of methoxy groups -OCH3 is 1. The summed E-state index contributed by atoms with van der Waals surface area (Å²) in [7, 11) is -3.09. The Kier molecular flexibility index (Phi) is 14.2. The number of H-pyrrole nitrogens is 1. The van der Waals surface area contributed by atoms with E-state index in [-0.39, 0.29) is 49.6 Å². The summed E-state index contributed by atoms with van der Waals surface area (Å²) in [6.45, 7) is 4.46. The zero-order valence-corrected chi connectivity index (χ0v) is 39.0. The Balaban J connectivity index is 1.14. The van der Waals surface area contributed by atoms with E-state index in [4.69, 9.17) is 35.5 Å². The van der Waals surface area contributed by atoms with E-state index in [0.29, 0.717) is 64.8 Å². The van der Waals surface area contributed by atoms with Gasteiger partial charge in [0.2, 0.25) is 30.4 Å². The van der Waals surface area contributed by atoms with Crippen molar-refractivity contribution in [2.24, 2.45) is 5.92 Å². The number of aromatic amines is 1. The molecule has 2 saturated carbocycles. The van der Waals surface area contributed by atoms with Gasteiger partial charge in [0.05, 0.1) is 31.3 Å². The third-order valence-electron chi connectivity index (χ3n) is 12.7. The SMILES string of the molecule is COc1ccc2c(OC3C[C@H]4C(=O)N[C@]5(P(=O)(O)Cc6c(F)cccc6F)C[C@H]5CCCOCCC[C@H](NC(=O)OC5CCCC5)C(=O)N4C3)cc(-c3csc(NC(C)C)n3)[nH+]c2c1Cl. The molecule has 2 aliphatic heterocycles. The predicted molar refractivity (Wildman–Crippen MR) is 240 cm³/mol. The topological polar surface area (TPSA) is 192 Å². The Morgan fingerprint density at radius 3 is 2.55 bits per heavy atom. The lowest BCUT2D eigenvalue weighted by molar-refractivity contribution is -0.331. The van der Waals surface area contributed by atoms with Crippen LogP contribution in [0, 0.1) is 17.6 Å². The largest absolute Gasteiger partial charge is 0.495 e. The van der Waals surface area contributed by atoms with E-state index in [9.17, 15) is 32.6 Å². The molecule has 4 aromatic rings. The number of carbonyl (C=O) groups is 3. The van der Waals surface area contributed by atoms with Gasteiger partial charge in [0.25, 0.3) is 0 Å². The zero-order chi connectivity index (χ0) is 46.0. The third kappa shape index (κ3) is 10.2. The molecule has 5 N–H and O–H groups in total. The van der Waals surface area contributed by atoms with Gasteiger partial charge in [-0.25, -0.2) is 23.5 Å². The van der Waals surface area contributed by atoms with Gasteiger partial charge in [-0.05, 0) is 102 Å². The minimum absolute atomic E-state index is 0.0587. The Hall–Kier alpha value is -4.61. The van der Waals surface area contributed by atoms with Crippen LogP contribution in [0.25, 0.3) is 22.3 Å². The second-order valence-corrected chi connectivity index (χ2v) is 21.4. The second-order valence-electron chi connectivity index (χ2n) is 17.7. The van der Waals surface area contributed by atoms with Crippen LogP contribution < -0.4 is 30.4 Å². The van der Waals surface area contributed by atoms with Crippen LogP contribution in [0.5, 0.6) is 11.5 Å². The number of hydrogen-bond acceptors (Lipinski definition) is 11. The zero-order valence-electron chi connectivity index (χ0n) is 36.5. The van der Waals surface area contributed by atoms with E-state index in [1.165, 1.54) is 29.4 Å². The molecule has 20 heteroatoms. The monoisotopic (exact) mass is 959 g/mol. The number of alkyl carbamates (subject to hydrolysis) is 1. The molecule has 2 aliphatic carbocycles. The van der Waals surface area contributed by atoms with E-state index in [2.05, 4.69) is 20.9 Å². The highest BCUT2D eigenvalue weighted by Gasteiger charge is 2.66. The van der Waals surface area contributed by atoms with Crippen LogP contribution in [0.15, 0.2) is 41.8 Å². The molecule has 15 nitrogen and oxygen atoms in total. The summed E-state index contributed by atoms with van der Waals surface area (Å²) in [5.41, 5.74) is 1.11. The average Bonchev–Trinajstić information content (AvgIpc) is 3.68. The molecule has 8 rings (SSSR count). The molecule has 65 heavy (non-hydrogen) atoms. The third-order valence-corrected chi connectivity index (χ3v) is 16.5. The number of thiazole rings is 1. The summed E-state index contributed by atoms with van der Waals surface area (Å²) < 4.78 is 68.3. The average molecular weight is 960 g/mol. The van der Waals surface area contributed by atoms with E-state index >= 15 is 0 Å². The number of aromatic nitrogens is 2. The molecule has 0 spiro atoms. The van der Waals surface area contributed by atoms with Gasteiger partial charge in [-0.3, -0.25) is 14.2 Å². The highest BCUT2D eigenvalue weighted by Crippen LogP contribution is 2.71. The first-order chi connectivity index (χ1) is 31.2. The minimum atomic E-state index is -4.60. The Morgan fingerprint density at radius 1 is 1.09 bits per heavy atom. The van der Waals surface area contributed by atoms with Crippen molar-refractivity contribution in [1.82, 2.24) is 20.5 Å². The number of nitrogens with one attached hydrogen (secondary N) is 4. The standard InChI is InChI=1S/C45H54ClF2N6O9PS/c1-25(2)49-43-51-35(24-65-43)34-20-38(29-15-16-37(60-3)39(46)40(29)50-34)62-28-19-36-41(55)53-45(64(58,59)23-30-31(47)12-6-13-32(30)48)21-26(45)9-7-17-61-18-8-14-33(42(56)54(36)22-28)52-44(57)63-27-10-4-5-11-27/h6,12-13,15-16,20,24-28,33,36H,4-5,7-11,14,17-19,21-23H2,1-3H3,(H,49,51)(H,52,57)(H,53,55)(H,58,59)/p+1/t26-,28?,33+,36+,45+/m1/s1. The number of carbonyl (C=O) groups excluding carboxylic acids is 3. The van der Waals surface area contributed by atoms with Crippen molar-refractivity contribution in [2.45, 2.75) is 120 Å². The molecule has 2 aromatic heterocycles. The van der Waals surface area contributed by atoms with Crippen molar-refractivity contribution in [3.8, 4) is 22.9 Å². The molecule has 4 heterocycles. The molecule has 4 fully saturated rings. The fourth-order valence-electron chi connectivity index (χ4n) is 9.30. The molecule has 2 unspecified atom stereocenters. The van der Waals surface area contributed by atoms with Gasteiger partial charge in [-0.1, -0.05) is 17.7 Å². The maximum Gasteiger partial charge on any atom is 0.408 e. The first-order valence-electron chi connectivity index (χ1n) is 22.2. The predicted octanol–water partition coefficient (Wildman–Crippen LogP) is 7.82. The molecule has 6 atom stereocenters. The number of benzene rings is 2. The molecule has 2 aromatic carbocycles. The van der Waals surface area contributed by atoms with Crippen LogP contribution in [-0.4, -0.2) is 95.2 Å². The molecule has 0 bridgehead atoms. The van der Waals surface area contributed by atoms with Crippen molar-refractivity contribution < 1.29 is 56.6 Å². The molecule has 2 saturated heterocycles. The molecule has 4 aliphatic rings. The van der Waals surface area contributed by atoms with Crippen LogP contribution in [0.3, 0.4) is 0 Å². The van der Waals surface area contributed by atoms with Gasteiger partial charge in [-0.15, -0.1) is 11.3 Å². The number of hydrogen-bond donors (Lipinski definition) is 4. The van der Waals surface area contributed by atoms with Crippen molar-refractivity contribution >= 4 is 64.2 Å². The molecule has 0 radical (unpaired) electrons. The van der Waals surface area contributed by atoms with Gasteiger partial charge >= 0.3 is 6.09 Å². The summed E-state index contributed by atoms with van der Waals surface area (Å²) in [5.74, 6) is -3.00. The number of ether oxygens (including phenoxy) is 4. The molecule has 350 valence electrons. The quantitative estimate of drug-likeness (QED) is 0.107. The Morgan fingerprint density at radius 2 is 1.83 bits per heavy atom. The normalized spacial score (nSPS) is 25.2. The highest BCUT2D eigenvalue weighted by atomic mass is 35.5. The first kappa shape index (κ1) is 46.9. The maximum absolute atomic E-state index is 15.0. The summed E-state index contributed by atoms with van der Waals surface area (Å²) in [4.78, 5) is 64.3. The lowest BCUT2D eigenvalue weighted by atomic mass is 10.1. The van der Waals surface area contributed by atoms with E-state index in [1.54, 1.807) is 18.2 Å². The van der Waals surface area contributed by atoms with Gasteiger partial charge in [-0.2, -0.15) is 0 Å². The molecular weight excluding hydrogens is 905 g/mol. The van der Waals surface area contributed by atoms with Crippen LogP contribution in [0.4, 0.5) is 18.7 Å². The van der Waals surface area contributed by atoms with Crippen molar-refractivity contribution in [1.29, 1.82) is 0 Å². The Bertz CT molecular complexity index is 2460. The van der Waals surface area contributed by atoms with Crippen molar-refractivity contribution in [3.63, 3.8) is 0 Å². The van der Waals surface area contributed by atoms with E-state index < -0.39 is 78.0 Å². The number of anilines is 1. The molecular formula is C45H55ClF2N6O9PS+. The molecule has 3 amide bonds. The van der Waals surface area contributed by atoms with Crippen molar-refractivity contribution in [2.75, 3.05) is 32.2 Å². The van der Waals surface area contributed by atoms with Crippen LogP contribution >= 0.6 is 30.3 Å². The number of rotatable bonds is 11. The van der Waals surface area contributed by atoms with Crippen LogP contribution in [0.1, 0.15) is 83.6 Å². The fraction of sp³-hybridized carbons (Fsp3) is 0.533. The first-order valence-corrected chi connectivity index (χ1v) is 25.3. The smallest absolute Gasteiger partial charge is 0.408 e. The number of amides is 3. The van der Waals surface area contributed by atoms with Gasteiger partial charge < -0.3 is 44.7 Å². The van der Waals surface area contributed by atoms with Crippen molar-refractivity contribution in [3.05, 3.63) is 64.0 Å². The fourth-order valence-corrected chi connectivity index (χ4v) is 12.9. The number of pyridine rings is 1. The maximum atomic E-state index is 15.0. The summed E-state index contributed by atoms with van der Waals surface area (Å²) in [6, 6.07) is 6.23. The van der Waals surface area contributed by atoms with Gasteiger partial charge in [0.1, 0.15) is 58.4 Å². The van der Waals surface area contributed by atoms with Gasteiger partial charge in [0.15, 0.2) is 10.2 Å². The number of fused-ring (bicyclic) bond motifs is 3. The van der Waals surface area contributed by atoms with Gasteiger partial charge in [0, 0.05) is 36.6 Å². The highest BCUT2D eigenvalue weighted by molar-refractivity contribution is 7.59. The number of nitrogens with zero attached hydrogens (tertiary/aromatic N) is 2. The van der Waals surface area contributed by atoms with Crippen LogP contribution in [0.2, 0.25) is 5.02 Å². The summed E-state index contributed by atoms with van der Waals surface area (Å²) in [5, 5.41) is 10.7. The minimum Gasteiger partial charge on any atom is -0.495 e. The second kappa shape index (κ2) is 19.7. The van der Waals surface area contributed by atoms with E-state index in [0.717, 1.165) is 37.8 Å². The summed E-state index contributed by atoms with van der Waals surface area (Å²) in [6.07, 6.45) is 2.05. The number of halogens is 3. The summed E-state index contributed by atoms with van der Waals surface area (Å²) >= 11 is 8.31. The van der Waals surface area contributed by atoms with Crippen LogP contribution in [-0.2, 0) is 29.8 Å². The lowest BCUT2D eigenvalue weighted by Gasteiger charge is -2.31. The Labute approximate surface area is 384 Å². The van der Waals surface area contributed by atoms with E-state index in [1.807, 2.05) is 19.2 Å². The lowest BCUT2D eigenvalue weighted by Crippen LogP contribution is -2.55.